The first-order valence-electron chi connectivity index (χ1n) is 4.35. The molecule has 3 unspecified atom stereocenters. The smallest absolute Gasteiger partial charge is 0.0433 e. The van der Waals surface area contributed by atoms with Gasteiger partial charge < -0.3 is 5.11 Å². The molecule has 0 heterocycles. The molecule has 1 aliphatic rings. The Bertz CT molecular complexity index is 101. The molecule has 0 spiro atoms. The van der Waals surface area contributed by atoms with Crippen molar-refractivity contribution in [2.24, 2.45) is 17.8 Å². The predicted octanol–water partition coefficient (Wildman–Crippen LogP) is 2.05. The van der Waals surface area contributed by atoms with E-state index in [0.29, 0.717) is 6.61 Å². The highest BCUT2D eigenvalue weighted by molar-refractivity contribution is 4.83. The lowest BCUT2D eigenvalue weighted by atomic mass is 10.0. The van der Waals surface area contributed by atoms with Crippen LogP contribution < -0.4 is 0 Å². The minimum Gasteiger partial charge on any atom is -0.396 e. The maximum Gasteiger partial charge on any atom is 0.0433 e. The summed E-state index contributed by atoms with van der Waals surface area (Å²) < 4.78 is 0. The van der Waals surface area contributed by atoms with Gasteiger partial charge in [-0.3, -0.25) is 0 Å². The fourth-order valence-corrected chi connectivity index (χ4v) is 1.58. The van der Waals surface area contributed by atoms with Crippen molar-refractivity contribution in [1.82, 2.24) is 0 Å². The van der Waals surface area contributed by atoms with E-state index in [1.54, 1.807) is 0 Å². The van der Waals surface area contributed by atoms with Crippen molar-refractivity contribution >= 4 is 0 Å². The Hall–Kier alpha value is -0.0400. The maximum atomic E-state index is 8.64. The van der Waals surface area contributed by atoms with E-state index < -0.39 is 0 Å². The van der Waals surface area contributed by atoms with Crippen LogP contribution in [0, 0.1) is 17.8 Å². The molecule has 10 heavy (non-hydrogen) atoms. The van der Waals surface area contributed by atoms with Gasteiger partial charge in [-0.05, 0) is 37.0 Å². The van der Waals surface area contributed by atoms with E-state index in [2.05, 4.69) is 13.8 Å². The molecule has 1 fully saturated rings. The SMILES string of the molecule is CC(CCO)CC1CC1C. The summed E-state index contributed by atoms with van der Waals surface area (Å²) in [7, 11) is 0. The molecule has 1 N–H and O–H groups in total. The third kappa shape index (κ3) is 2.30. The van der Waals surface area contributed by atoms with Gasteiger partial charge in [-0.2, -0.15) is 0 Å². The second-order valence-corrected chi connectivity index (χ2v) is 3.83. The lowest BCUT2D eigenvalue weighted by Crippen LogP contribution is -1.99. The topological polar surface area (TPSA) is 20.2 Å². The second kappa shape index (κ2) is 3.38. The van der Waals surface area contributed by atoms with Gasteiger partial charge in [-0.15, -0.1) is 0 Å². The van der Waals surface area contributed by atoms with Gasteiger partial charge in [-0.25, -0.2) is 0 Å². The van der Waals surface area contributed by atoms with Gasteiger partial charge in [0.1, 0.15) is 0 Å². The number of hydrogen-bond donors (Lipinski definition) is 1. The first kappa shape index (κ1) is 8.06. The van der Waals surface area contributed by atoms with Crippen molar-refractivity contribution in [3.8, 4) is 0 Å². The molecule has 0 bridgehead atoms. The summed E-state index contributed by atoms with van der Waals surface area (Å²) in [5, 5.41) is 8.64. The van der Waals surface area contributed by atoms with Crippen LogP contribution in [0.3, 0.4) is 0 Å². The van der Waals surface area contributed by atoms with Crippen molar-refractivity contribution in [1.29, 1.82) is 0 Å². The molecule has 0 radical (unpaired) electrons. The van der Waals surface area contributed by atoms with E-state index in [1.165, 1.54) is 12.8 Å². The van der Waals surface area contributed by atoms with Crippen molar-refractivity contribution in [2.75, 3.05) is 6.61 Å². The van der Waals surface area contributed by atoms with E-state index in [1.807, 2.05) is 0 Å². The molecular weight excluding hydrogens is 124 g/mol. The maximum absolute atomic E-state index is 8.64. The lowest BCUT2D eigenvalue weighted by Gasteiger charge is -2.07. The van der Waals surface area contributed by atoms with Crippen LogP contribution in [0.2, 0.25) is 0 Å². The van der Waals surface area contributed by atoms with E-state index in [9.17, 15) is 0 Å². The van der Waals surface area contributed by atoms with Crippen LogP contribution in [0.15, 0.2) is 0 Å². The average Bonchev–Trinajstić information content (AvgIpc) is 2.47. The summed E-state index contributed by atoms with van der Waals surface area (Å²) in [5.41, 5.74) is 0. The molecular formula is C9H18O. The first-order valence-corrected chi connectivity index (χ1v) is 4.35. The average molecular weight is 142 g/mol. The number of aliphatic hydroxyl groups excluding tert-OH is 1. The van der Waals surface area contributed by atoms with Gasteiger partial charge in [0, 0.05) is 6.61 Å². The van der Waals surface area contributed by atoms with E-state index in [4.69, 9.17) is 5.11 Å². The summed E-state index contributed by atoms with van der Waals surface area (Å²) in [5.74, 6) is 2.70. The van der Waals surface area contributed by atoms with Crippen LogP contribution in [0.1, 0.15) is 33.1 Å². The summed E-state index contributed by atoms with van der Waals surface area (Å²) in [6.45, 7) is 4.92. The summed E-state index contributed by atoms with van der Waals surface area (Å²) in [4.78, 5) is 0. The number of hydrogen-bond acceptors (Lipinski definition) is 1. The van der Waals surface area contributed by atoms with Gasteiger partial charge in [0.25, 0.3) is 0 Å². The van der Waals surface area contributed by atoms with Crippen LogP contribution in [-0.2, 0) is 0 Å². The lowest BCUT2D eigenvalue weighted by molar-refractivity contribution is 0.254. The molecule has 60 valence electrons. The van der Waals surface area contributed by atoms with Gasteiger partial charge in [0.15, 0.2) is 0 Å². The minimum absolute atomic E-state index is 0.363. The minimum atomic E-state index is 0.363. The molecule has 0 aromatic rings. The zero-order valence-corrected chi connectivity index (χ0v) is 7.01. The molecule has 0 amide bonds. The molecule has 1 saturated carbocycles. The zero-order valence-electron chi connectivity index (χ0n) is 7.01. The molecule has 1 nitrogen and oxygen atoms in total. The molecule has 1 heteroatoms. The summed E-state index contributed by atoms with van der Waals surface area (Å²) in [6.07, 6.45) is 3.75. The molecule has 3 atom stereocenters. The molecule has 0 saturated heterocycles. The standard InChI is InChI=1S/C9H18O/c1-7(3-4-10)5-9-6-8(9)2/h7-10H,3-6H2,1-2H3. The third-order valence-corrected chi connectivity index (χ3v) is 2.60. The molecule has 0 aliphatic heterocycles. The van der Waals surface area contributed by atoms with Gasteiger partial charge in [0.2, 0.25) is 0 Å². The number of rotatable bonds is 4. The summed E-state index contributed by atoms with van der Waals surface area (Å²) in [6, 6.07) is 0. The first-order chi connectivity index (χ1) is 4.74. The predicted molar refractivity (Wildman–Crippen MR) is 42.8 cm³/mol. The Kier molecular flexibility index (Phi) is 2.72. The molecule has 1 aliphatic carbocycles. The fourth-order valence-electron chi connectivity index (χ4n) is 1.58. The Morgan fingerprint density at radius 1 is 1.60 bits per heavy atom. The number of aliphatic hydroxyl groups is 1. The monoisotopic (exact) mass is 142 g/mol. The zero-order chi connectivity index (χ0) is 7.56. The van der Waals surface area contributed by atoms with Gasteiger partial charge in [-0.1, -0.05) is 13.8 Å². The third-order valence-electron chi connectivity index (χ3n) is 2.60. The van der Waals surface area contributed by atoms with Crippen molar-refractivity contribution in [2.45, 2.75) is 33.1 Å². The second-order valence-electron chi connectivity index (χ2n) is 3.83. The Morgan fingerprint density at radius 3 is 2.60 bits per heavy atom. The highest BCUT2D eigenvalue weighted by Crippen LogP contribution is 2.42. The van der Waals surface area contributed by atoms with Crippen molar-refractivity contribution in [3.05, 3.63) is 0 Å². The molecule has 0 aromatic carbocycles. The van der Waals surface area contributed by atoms with Crippen molar-refractivity contribution < 1.29 is 5.11 Å². The highest BCUT2D eigenvalue weighted by Gasteiger charge is 2.32. The molecule has 0 aromatic heterocycles. The van der Waals surface area contributed by atoms with E-state index in [-0.39, 0.29) is 0 Å². The van der Waals surface area contributed by atoms with Crippen molar-refractivity contribution in [3.63, 3.8) is 0 Å². The Labute approximate surface area is 63.4 Å². The van der Waals surface area contributed by atoms with E-state index in [0.717, 1.165) is 24.2 Å². The van der Waals surface area contributed by atoms with Crippen LogP contribution in [-0.4, -0.2) is 11.7 Å². The van der Waals surface area contributed by atoms with Crippen LogP contribution in [0.25, 0.3) is 0 Å². The van der Waals surface area contributed by atoms with Crippen LogP contribution in [0.4, 0.5) is 0 Å². The van der Waals surface area contributed by atoms with Gasteiger partial charge >= 0.3 is 0 Å². The normalized spacial score (nSPS) is 33.9. The van der Waals surface area contributed by atoms with Crippen LogP contribution >= 0.6 is 0 Å². The van der Waals surface area contributed by atoms with E-state index >= 15 is 0 Å². The van der Waals surface area contributed by atoms with Crippen LogP contribution in [0.5, 0.6) is 0 Å². The van der Waals surface area contributed by atoms with Gasteiger partial charge in [0.05, 0.1) is 0 Å². The largest absolute Gasteiger partial charge is 0.396 e. The fraction of sp³-hybridized carbons (Fsp3) is 1.00. The quantitative estimate of drug-likeness (QED) is 0.637. The Balaban J connectivity index is 2.01. The highest BCUT2D eigenvalue weighted by atomic mass is 16.3. The molecule has 1 rings (SSSR count). The Morgan fingerprint density at radius 2 is 2.20 bits per heavy atom. The summed E-state index contributed by atoms with van der Waals surface area (Å²) >= 11 is 0.